The fraction of sp³-hybridized carbons (Fsp3) is 0.250. The summed E-state index contributed by atoms with van der Waals surface area (Å²) < 4.78 is 21.8. The van der Waals surface area contributed by atoms with Gasteiger partial charge in [0.25, 0.3) is 0 Å². The monoisotopic (exact) mass is 201 g/mol. The van der Waals surface area contributed by atoms with E-state index in [0.717, 1.165) is 5.56 Å². The third kappa shape index (κ3) is 2.51. The summed E-state index contributed by atoms with van der Waals surface area (Å²) in [5.74, 6) is 0. The van der Waals surface area contributed by atoms with E-state index in [1.807, 2.05) is 6.92 Å². The van der Waals surface area contributed by atoms with Crippen LogP contribution < -0.4 is 10.9 Å². The maximum atomic E-state index is 10.9. The fourth-order valence-electron chi connectivity index (χ4n) is 0.986. The molecule has 0 radical (unpaired) electrons. The lowest BCUT2D eigenvalue weighted by Gasteiger charge is -2.02. The lowest BCUT2D eigenvalue weighted by atomic mass is 10.1. The molecule has 0 aliphatic heterocycles. The Hall–Kier alpha value is -0.910. The Labute approximate surface area is 77.6 Å². The predicted molar refractivity (Wildman–Crippen MR) is 49.1 cm³/mol. The molecule has 0 fully saturated rings. The van der Waals surface area contributed by atoms with Gasteiger partial charge in [0.15, 0.2) is 0 Å². The molecule has 5 heteroatoms. The molecule has 1 aromatic rings. The van der Waals surface area contributed by atoms with Gasteiger partial charge in [-0.2, -0.15) is 0 Å². The second-order valence-electron chi connectivity index (χ2n) is 3.02. The van der Waals surface area contributed by atoms with E-state index in [9.17, 15) is 8.42 Å². The van der Waals surface area contributed by atoms with Crippen LogP contribution in [0.4, 0.5) is 0 Å². The van der Waals surface area contributed by atoms with Crippen molar-refractivity contribution in [1.29, 1.82) is 0 Å². The van der Waals surface area contributed by atoms with Gasteiger partial charge in [0.1, 0.15) is 6.04 Å². The Morgan fingerprint density at radius 3 is 2.08 bits per heavy atom. The lowest BCUT2D eigenvalue weighted by Crippen LogP contribution is -2.51. The van der Waals surface area contributed by atoms with Gasteiger partial charge in [-0.15, -0.1) is 0 Å². The number of rotatable bonds is 2. The van der Waals surface area contributed by atoms with Crippen molar-refractivity contribution in [2.24, 2.45) is 5.14 Å². The average molecular weight is 201 g/mol. The maximum Gasteiger partial charge on any atom is 0.238 e. The van der Waals surface area contributed by atoms with Crippen LogP contribution in [0.5, 0.6) is 0 Å². The lowest BCUT2D eigenvalue weighted by molar-refractivity contribution is -0.420. The van der Waals surface area contributed by atoms with Crippen molar-refractivity contribution >= 4 is 10.0 Å². The summed E-state index contributed by atoms with van der Waals surface area (Å²) in [5, 5.41) is 4.94. The topological polar surface area (TPSA) is 87.8 Å². The molecule has 13 heavy (non-hydrogen) atoms. The zero-order chi connectivity index (χ0) is 10.1. The number of hydrogen-bond donors (Lipinski definition) is 2. The molecule has 1 atom stereocenters. The summed E-state index contributed by atoms with van der Waals surface area (Å²) in [7, 11) is -3.57. The zero-order valence-corrected chi connectivity index (χ0v) is 8.21. The molecular weight excluding hydrogens is 188 g/mol. The van der Waals surface area contributed by atoms with Crippen LogP contribution in [0.25, 0.3) is 0 Å². The largest absolute Gasteiger partial charge is 0.352 e. The summed E-state index contributed by atoms with van der Waals surface area (Å²) in [5.41, 5.74) is 4.81. The van der Waals surface area contributed by atoms with Crippen LogP contribution in [0.1, 0.15) is 18.5 Å². The molecule has 0 saturated carbocycles. The maximum absolute atomic E-state index is 10.9. The number of nitrogens with two attached hydrogens (primary N) is 1. The van der Waals surface area contributed by atoms with Crippen LogP contribution in [0.15, 0.2) is 29.2 Å². The number of hydrogen-bond acceptors (Lipinski definition) is 2. The first kappa shape index (κ1) is 10.2. The first-order valence-electron chi connectivity index (χ1n) is 3.87. The molecule has 0 amide bonds. The van der Waals surface area contributed by atoms with Crippen molar-refractivity contribution in [3.8, 4) is 0 Å². The van der Waals surface area contributed by atoms with Crippen LogP contribution in [0.2, 0.25) is 0 Å². The minimum Gasteiger partial charge on any atom is -0.352 e. The molecule has 0 aliphatic rings. The molecule has 0 aromatic heterocycles. The molecule has 1 aromatic carbocycles. The first-order chi connectivity index (χ1) is 5.91. The molecule has 0 aliphatic carbocycles. The molecule has 72 valence electrons. The van der Waals surface area contributed by atoms with Crippen LogP contribution in [-0.2, 0) is 10.0 Å². The highest BCUT2D eigenvalue weighted by Crippen LogP contribution is 2.11. The molecule has 0 spiro atoms. The van der Waals surface area contributed by atoms with E-state index in [4.69, 9.17) is 5.14 Å². The quantitative estimate of drug-likeness (QED) is 0.684. The van der Waals surface area contributed by atoms with Crippen molar-refractivity contribution in [3.05, 3.63) is 29.8 Å². The number of primary sulfonamides is 1. The Morgan fingerprint density at radius 2 is 1.77 bits per heavy atom. The first-order valence-corrected chi connectivity index (χ1v) is 5.42. The van der Waals surface area contributed by atoms with E-state index in [1.54, 1.807) is 12.1 Å². The van der Waals surface area contributed by atoms with E-state index in [0.29, 0.717) is 0 Å². The summed E-state index contributed by atoms with van der Waals surface area (Å²) in [4.78, 5) is 0.136. The molecular formula is C8H13N2O2S+. The van der Waals surface area contributed by atoms with E-state index < -0.39 is 10.0 Å². The number of quaternary nitrogens is 1. The second-order valence-corrected chi connectivity index (χ2v) is 4.58. The van der Waals surface area contributed by atoms with Gasteiger partial charge in [-0.05, 0) is 19.1 Å². The molecule has 5 N–H and O–H groups in total. The van der Waals surface area contributed by atoms with Crippen molar-refractivity contribution in [2.75, 3.05) is 0 Å². The minimum absolute atomic E-state index is 0.136. The Morgan fingerprint density at radius 1 is 1.31 bits per heavy atom. The highest BCUT2D eigenvalue weighted by atomic mass is 32.2. The van der Waals surface area contributed by atoms with Crippen LogP contribution in [0, 0.1) is 0 Å². The Balaban J connectivity index is 3.08. The van der Waals surface area contributed by atoms with Crippen molar-refractivity contribution in [3.63, 3.8) is 0 Å². The highest BCUT2D eigenvalue weighted by molar-refractivity contribution is 7.89. The number of benzene rings is 1. The third-order valence-electron chi connectivity index (χ3n) is 1.78. The van der Waals surface area contributed by atoms with E-state index in [2.05, 4.69) is 5.73 Å². The van der Waals surface area contributed by atoms with Crippen molar-refractivity contribution in [1.82, 2.24) is 0 Å². The van der Waals surface area contributed by atoms with Crippen LogP contribution in [0.3, 0.4) is 0 Å². The van der Waals surface area contributed by atoms with Gasteiger partial charge in [0, 0.05) is 5.56 Å². The minimum atomic E-state index is -3.57. The van der Waals surface area contributed by atoms with E-state index in [-0.39, 0.29) is 10.9 Å². The van der Waals surface area contributed by atoms with Gasteiger partial charge >= 0.3 is 0 Å². The highest BCUT2D eigenvalue weighted by Gasteiger charge is 2.08. The summed E-state index contributed by atoms with van der Waals surface area (Å²) in [6.07, 6.45) is 0. The SMILES string of the molecule is C[C@@H]([NH3+])c1ccc(S(N)(=O)=O)cc1. The van der Waals surface area contributed by atoms with Gasteiger partial charge < -0.3 is 5.73 Å². The summed E-state index contributed by atoms with van der Waals surface area (Å²) >= 11 is 0. The smallest absolute Gasteiger partial charge is 0.238 e. The second kappa shape index (κ2) is 3.45. The Bertz CT molecular complexity index is 381. The van der Waals surface area contributed by atoms with Gasteiger partial charge in [-0.1, -0.05) is 12.1 Å². The van der Waals surface area contributed by atoms with Gasteiger partial charge in [-0.3, -0.25) is 0 Å². The summed E-state index contributed by atoms with van der Waals surface area (Å²) in [6.45, 7) is 1.94. The molecule has 0 bridgehead atoms. The van der Waals surface area contributed by atoms with Crippen molar-refractivity contribution < 1.29 is 14.2 Å². The molecule has 0 heterocycles. The standard InChI is InChI=1S/C8H12N2O2S/c1-6(9)7-2-4-8(5-3-7)13(10,11)12/h2-6H,9H2,1H3,(H2,10,11,12)/p+1/t6-/m1/s1. The molecule has 0 unspecified atom stereocenters. The van der Waals surface area contributed by atoms with Crippen LogP contribution >= 0.6 is 0 Å². The predicted octanol–water partition coefficient (Wildman–Crippen LogP) is -0.363. The summed E-state index contributed by atoms with van der Waals surface area (Å²) in [6, 6.07) is 6.57. The molecule has 0 saturated heterocycles. The Kier molecular flexibility index (Phi) is 2.70. The van der Waals surface area contributed by atoms with Gasteiger partial charge in [0.05, 0.1) is 4.90 Å². The zero-order valence-electron chi connectivity index (χ0n) is 7.40. The normalized spacial score (nSPS) is 14.1. The number of sulfonamides is 1. The van der Waals surface area contributed by atoms with Gasteiger partial charge in [-0.25, -0.2) is 13.6 Å². The molecule has 1 rings (SSSR count). The van der Waals surface area contributed by atoms with Gasteiger partial charge in [0.2, 0.25) is 10.0 Å². The molecule has 4 nitrogen and oxygen atoms in total. The van der Waals surface area contributed by atoms with E-state index in [1.165, 1.54) is 12.1 Å². The fourth-order valence-corrected chi connectivity index (χ4v) is 1.50. The third-order valence-corrected chi connectivity index (χ3v) is 2.71. The van der Waals surface area contributed by atoms with E-state index >= 15 is 0 Å². The average Bonchev–Trinajstić information content (AvgIpc) is 2.03. The van der Waals surface area contributed by atoms with Crippen LogP contribution in [-0.4, -0.2) is 8.42 Å². The van der Waals surface area contributed by atoms with Crippen molar-refractivity contribution in [2.45, 2.75) is 17.9 Å².